The van der Waals surface area contributed by atoms with Crippen molar-refractivity contribution < 1.29 is 4.74 Å². The van der Waals surface area contributed by atoms with E-state index in [-0.39, 0.29) is 0 Å². The lowest BCUT2D eigenvalue weighted by atomic mass is 9.79. The van der Waals surface area contributed by atoms with Crippen LogP contribution in [0.5, 0.6) is 0 Å². The highest BCUT2D eigenvalue weighted by Gasteiger charge is 2.41. The Kier molecular flexibility index (Phi) is 4.60. The molecule has 15 heavy (non-hydrogen) atoms. The first-order chi connectivity index (χ1) is 6.98. The largest absolute Gasteiger partial charge is 0.382 e. The molecule has 0 heterocycles. The molecule has 1 N–H and O–H groups in total. The Hall–Kier alpha value is -0.0800. The van der Waals surface area contributed by atoms with Gasteiger partial charge in [-0.25, -0.2) is 0 Å². The molecule has 2 nitrogen and oxygen atoms in total. The van der Waals surface area contributed by atoms with Crippen molar-refractivity contribution in [3.05, 3.63) is 0 Å². The first-order valence-corrected chi connectivity index (χ1v) is 6.24. The van der Waals surface area contributed by atoms with Crippen molar-refractivity contribution in [2.24, 2.45) is 11.3 Å². The predicted molar refractivity (Wildman–Crippen MR) is 65.1 cm³/mol. The normalized spacial score (nSPS) is 22.8. The van der Waals surface area contributed by atoms with Gasteiger partial charge in [-0.15, -0.1) is 0 Å². The fourth-order valence-corrected chi connectivity index (χ4v) is 2.34. The maximum Gasteiger partial charge on any atom is 0.0549 e. The molecule has 0 bridgehead atoms. The third-order valence-electron chi connectivity index (χ3n) is 3.63. The number of hydrogen-bond acceptors (Lipinski definition) is 2. The lowest BCUT2D eigenvalue weighted by molar-refractivity contribution is 0.0600. The highest BCUT2D eigenvalue weighted by molar-refractivity contribution is 4.93. The molecule has 0 spiro atoms. The maximum atomic E-state index is 5.40. The van der Waals surface area contributed by atoms with Gasteiger partial charge in [-0.3, -0.25) is 0 Å². The summed E-state index contributed by atoms with van der Waals surface area (Å²) in [6.45, 7) is 10.1. The molecule has 1 aliphatic carbocycles. The molecule has 0 amide bonds. The summed E-state index contributed by atoms with van der Waals surface area (Å²) in [5.74, 6) is 0.918. The Bertz CT molecular complexity index is 189. The topological polar surface area (TPSA) is 21.3 Å². The van der Waals surface area contributed by atoms with E-state index in [2.05, 4.69) is 33.0 Å². The zero-order valence-corrected chi connectivity index (χ0v) is 11.0. The summed E-state index contributed by atoms with van der Waals surface area (Å²) in [5, 5.41) is 3.58. The second kappa shape index (κ2) is 5.31. The Morgan fingerprint density at radius 2 is 1.93 bits per heavy atom. The number of methoxy groups -OCH3 is 1. The monoisotopic (exact) mass is 213 g/mol. The molecule has 2 heteroatoms. The van der Waals surface area contributed by atoms with Crippen molar-refractivity contribution >= 4 is 0 Å². The zero-order valence-electron chi connectivity index (χ0n) is 11.0. The van der Waals surface area contributed by atoms with Crippen LogP contribution in [-0.4, -0.2) is 25.8 Å². The number of nitrogens with one attached hydrogen (secondary N) is 1. The zero-order chi connectivity index (χ0) is 11.5. The molecule has 90 valence electrons. The predicted octanol–water partition coefficient (Wildman–Crippen LogP) is 2.83. The summed E-state index contributed by atoms with van der Waals surface area (Å²) in [5.41, 5.74) is 0.430. The summed E-state index contributed by atoms with van der Waals surface area (Å²) < 4.78 is 5.40. The van der Waals surface area contributed by atoms with Gasteiger partial charge in [0.05, 0.1) is 6.10 Å². The van der Waals surface area contributed by atoms with Crippen LogP contribution < -0.4 is 5.32 Å². The van der Waals surface area contributed by atoms with Crippen LogP contribution in [0.15, 0.2) is 0 Å². The summed E-state index contributed by atoms with van der Waals surface area (Å²) in [6.07, 6.45) is 4.37. The molecular formula is C13H27NO. The van der Waals surface area contributed by atoms with Gasteiger partial charge in [-0.2, -0.15) is 0 Å². The molecule has 0 aliphatic heterocycles. The van der Waals surface area contributed by atoms with Crippen LogP contribution >= 0.6 is 0 Å². The van der Waals surface area contributed by atoms with E-state index in [9.17, 15) is 0 Å². The van der Waals surface area contributed by atoms with Gasteiger partial charge in [-0.1, -0.05) is 20.8 Å². The van der Waals surface area contributed by atoms with Crippen molar-refractivity contribution in [3.63, 3.8) is 0 Å². The first kappa shape index (κ1) is 13.0. The van der Waals surface area contributed by atoms with E-state index in [1.54, 1.807) is 0 Å². The second-order valence-electron chi connectivity index (χ2n) is 5.71. The highest BCUT2D eigenvalue weighted by atomic mass is 16.5. The van der Waals surface area contributed by atoms with Crippen LogP contribution in [0.3, 0.4) is 0 Å². The van der Waals surface area contributed by atoms with Crippen LogP contribution in [0.25, 0.3) is 0 Å². The number of ether oxygens (including phenoxy) is 1. The quantitative estimate of drug-likeness (QED) is 0.702. The highest BCUT2D eigenvalue weighted by Crippen LogP contribution is 2.48. The van der Waals surface area contributed by atoms with Crippen LogP contribution in [0.2, 0.25) is 0 Å². The number of rotatable bonds is 7. The summed E-state index contributed by atoms with van der Waals surface area (Å²) >= 11 is 0. The van der Waals surface area contributed by atoms with Crippen molar-refractivity contribution in [2.75, 3.05) is 13.7 Å². The Morgan fingerprint density at radius 1 is 1.33 bits per heavy atom. The molecule has 0 radical (unpaired) electrons. The van der Waals surface area contributed by atoms with Gasteiger partial charge in [0.2, 0.25) is 0 Å². The lowest BCUT2D eigenvalue weighted by Gasteiger charge is -2.33. The van der Waals surface area contributed by atoms with E-state index in [0.717, 1.165) is 12.5 Å². The second-order valence-corrected chi connectivity index (χ2v) is 5.71. The van der Waals surface area contributed by atoms with Crippen LogP contribution in [0, 0.1) is 11.3 Å². The molecule has 0 aromatic heterocycles. The fraction of sp³-hybridized carbons (Fsp3) is 1.00. The average Bonchev–Trinajstić information content (AvgIpc) is 2.98. The smallest absolute Gasteiger partial charge is 0.0549 e. The molecule has 0 saturated heterocycles. The average molecular weight is 213 g/mol. The van der Waals surface area contributed by atoms with Crippen molar-refractivity contribution in [1.82, 2.24) is 5.32 Å². The van der Waals surface area contributed by atoms with E-state index < -0.39 is 0 Å². The van der Waals surface area contributed by atoms with E-state index in [1.807, 2.05) is 7.11 Å². The first-order valence-electron chi connectivity index (χ1n) is 6.24. The van der Waals surface area contributed by atoms with Gasteiger partial charge in [-0.05, 0) is 37.5 Å². The van der Waals surface area contributed by atoms with Crippen molar-refractivity contribution in [1.29, 1.82) is 0 Å². The van der Waals surface area contributed by atoms with E-state index in [4.69, 9.17) is 4.74 Å². The lowest BCUT2D eigenvalue weighted by Crippen LogP contribution is -2.39. The summed E-state index contributed by atoms with van der Waals surface area (Å²) in [7, 11) is 1.81. The van der Waals surface area contributed by atoms with Gasteiger partial charge in [0.15, 0.2) is 0 Å². The molecular weight excluding hydrogens is 186 g/mol. The van der Waals surface area contributed by atoms with Gasteiger partial charge < -0.3 is 10.1 Å². The van der Waals surface area contributed by atoms with Crippen molar-refractivity contribution in [2.45, 2.75) is 59.1 Å². The minimum Gasteiger partial charge on any atom is -0.382 e. The van der Waals surface area contributed by atoms with Gasteiger partial charge in [0.1, 0.15) is 0 Å². The third kappa shape index (κ3) is 4.12. The summed E-state index contributed by atoms with van der Waals surface area (Å²) in [4.78, 5) is 0. The molecule has 2 atom stereocenters. The Morgan fingerprint density at radius 3 is 2.33 bits per heavy atom. The van der Waals surface area contributed by atoms with Crippen LogP contribution in [0.1, 0.15) is 47.0 Å². The van der Waals surface area contributed by atoms with E-state index >= 15 is 0 Å². The SMILES string of the molecule is COC(C)CC(C)(CNC(C)C)C1CC1. The van der Waals surface area contributed by atoms with Crippen LogP contribution in [0.4, 0.5) is 0 Å². The molecule has 2 unspecified atom stereocenters. The minimum absolute atomic E-state index is 0.379. The Labute approximate surface area is 94.8 Å². The van der Waals surface area contributed by atoms with Gasteiger partial charge in [0.25, 0.3) is 0 Å². The molecule has 1 fully saturated rings. The van der Waals surface area contributed by atoms with Gasteiger partial charge in [0, 0.05) is 19.7 Å². The van der Waals surface area contributed by atoms with Gasteiger partial charge >= 0.3 is 0 Å². The third-order valence-corrected chi connectivity index (χ3v) is 3.63. The molecule has 0 aromatic carbocycles. The standard InChI is InChI=1S/C13H27NO/c1-10(2)14-9-13(4,12-6-7-12)8-11(3)15-5/h10-12,14H,6-9H2,1-5H3. The number of hydrogen-bond donors (Lipinski definition) is 1. The van der Waals surface area contributed by atoms with E-state index in [0.29, 0.717) is 17.6 Å². The molecule has 1 saturated carbocycles. The molecule has 0 aromatic rings. The molecule has 1 rings (SSSR count). The molecule has 1 aliphatic rings. The minimum atomic E-state index is 0.379. The maximum absolute atomic E-state index is 5.40. The van der Waals surface area contributed by atoms with E-state index in [1.165, 1.54) is 19.3 Å². The summed E-state index contributed by atoms with van der Waals surface area (Å²) in [6, 6.07) is 0.584. The van der Waals surface area contributed by atoms with Crippen LogP contribution in [-0.2, 0) is 4.74 Å². The Balaban J connectivity index is 2.45. The fourth-order valence-electron chi connectivity index (χ4n) is 2.34. The van der Waals surface area contributed by atoms with Crippen molar-refractivity contribution in [3.8, 4) is 0 Å².